The normalized spacial score (nSPS) is 17.7. The number of nitrogens with zero attached hydrogens (tertiary/aromatic N) is 3. The monoisotopic (exact) mass is 425 g/mol. The van der Waals surface area contributed by atoms with E-state index in [0.717, 1.165) is 6.42 Å². The van der Waals surface area contributed by atoms with Crippen LogP contribution in [0.4, 0.5) is 11.4 Å². The molecule has 0 radical (unpaired) electrons. The summed E-state index contributed by atoms with van der Waals surface area (Å²) in [7, 11) is 0. The molecule has 1 aliphatic heterocycles. The van der Waals surface area contributed by atoms with Gasteiger partial charge in [0.2, 0.25) is 0 Å². The maximum Gasteiger partial charge on any atom is 0.295 e. The van der Waals surface area contributed by atoms with Gasteiger partial charge in [-0.3, -0.25) is 29.8 Å². The van der Waals surface area contributed by atoms with E-state index >= 15 is 0 Å². The summed E-state index contributed by atoms with van der Waals surface area (Å²) in [5.74, 6) is -2.12. The summed E-state index contributed by atoms with van der Waals surface area (Å²) < 4.78 is 0. The summed E-state index contributed by atoms with van der Waals surface area (Å²) >= 11 is 0. The molecule has 2 aromatic rings. The van der Waals surface area contributed by atoms with E-state index in [0.29, 0.717) is 12.0 Å². The number of ketones is 1. The number of likely N-dealkylation sites (tertiary alicyclic amines) is 1. The van der Waals surface area contributed by atoms with Crippen LogP contribution < -0.4 is 0 Å². The van der Waals surface area contributed by atoms with Crippen LogP contribution in [0.3, 0.4) is 0 Å². The van der Waals surface area contributed by atoms with Crippen molar-refractivity contribution in [1.82, 2.24) is 4.90 Å². The van der Waals surface area contributed by atoms with Gasteiger partial charge in [-0.25, -0.2) is 0 Å². The number of nitro groups is 2. The molecule has 0 aliphatic carbocycles. The fraction of sp³-hybridized carbons (Fsp3) is 0.238. The summed E-state index contributed by atoms with van der Waals surface area (Å²) in [4.78, 5) is 47.5. The third kappa shape index (κ3) is 4.13. The van der Waals surface area contributed by atoms with Crippen molar-refractivity contribution in [2.75, 3.05) is 6.54 Å². The van der Waals surface area contributed by atoms with Gasteiger partial charge in [-0.2, -0.15) is 0 Å². The molecule has 0 bridgehead atoms. The Morgan fingerprint density at radius 3 is 1.97 bits per heavy atom. The van der Waals surface area contributed by atoms with Crippen molar-refractivity contribution < 1.29 is 24.5 Å². The van der Waals surface area contributed by atoms with Crippen molar-refractivity contribution in [1.29, 1.82) is 0 Å². The molecule has 1 aliphatic rings. The van der Waals surface area contributed by atoms with E-state index in [-0.39, 0.29) is 29.1 Å². The maximum absolute atomic E-state index is 12.8. The van der Waals surface area contributed by atoms with Gasteiger partial charge in [0.15, 0.2) is 0 Å². The zero-order chi connectivity index (χ0) is 22.7. The van der Waals surface area contributed by atoms with Gasteiger partial charge in [-0.15, -0.1) is 0 Å². The first-order chi connectivity index (χ1) is 14.8. The molecule has 2 aromatic carbocycles. The largest absolute Gasteiger partial charge is 0.507 e. The third-order valence-electron chi connectivity index (χ3n) is 5.06. The van der Waals surface area contributed by atoms with Crippen molar-refractivity contribution in [2.24, 2.45) is 0 Å². The van der Waals surface area contributed by atoms with E-state index in [1.54, 1.807) is 0 Å². The molecule has 10 heteroatoms. The van der Waals surface area contributed by atoms with Gasteiger partial charge in [0.25, 0.3) is 23.1 Å². The number of aliphatic hydroxyl groups excluding tert-OH is 1. The Morgan fingerprint density at radius 1 is 0.968 bits per heavy atom. The highest BCUT2D eigenvalue weighted by Crippen LogP contribution is 2.40. The molecule has 1 heterocycles. The van der Waals surface area contributed by atoms with E-state index in [1.165, 1.54) is 53.4 Å². The second kappa shape index (κ2) is 8.74. The molecule has 1 unspecified atom stereocenters. The quantitative estimate of drug-likeness (QED) is 0.234. The number of benzene rings is 2. The number of Topliss-reactive ketones (excluding diaryl/α,β-unsaturated/α-hetero) is 1. The first-order valence-corrected chi connectivity index (χ1v) is 9.53. The van der Waals surface area contributed by atoms with Crippen molar-refractivity contribution in [2.45, 2.75) is 25.8 Å². The predicted molar refractivity (Wildman–Crippen MR) is 110 cm³/mol. The zero-order valence-corrected chi connectivity index (χ0v) is 16.6. The Kier molecular flexibility index (Phi) is 6.10. The van der Waals surface area contributed by atoms with Crippen LogP contribution in [-0.4, -0.2) is 38.1 Å². The molecule has 1 saturated heterocycles. The summed E-state index contributed by atoms with van der Waals surface area (Å²) in [6.45, 7) is 2.19. The highest BCUT2D eigenvalue weighted by atomic mass is 16.6. The lowest BCUT2D eigenvalue weighted by atomic mass is 9.95. The van der Waals surface area contributed by atoms with Crippen molar-refractivity contribution in [3.8, 4) is 0 Å². The molecule has 10 nitrogen and oxygen atoms in total. The lowest BCUT2D eigenvalue weighted by Gasteiger charge is -2.25. The summed E-state index contributed by atoms with van der Waals surface area (Å²) in [6, 6.07) is 9.43. The van der Waals surface area contributed by atoms with E-state index in [1.807, 2.05) is 6.92 Å². The van der Waals surface area contributed by atoms with E-state index < -0.39 is 33.3 Å². The van der Waals surface area contributed by atoms with Crippen LogP contribution in [0.1, 0.15) is 36.9 Å². The maximum atomic E-state index is 12.8. The predicted octanol–water partition coefficient (Wildman–Crippen LogP) is 3.72. The number of rotatable bonds is 7. The molecule has 3 rings (SSSR count). The Hall–Kier alpha value is -4.08. The highest BCUT2D eigenvalue weighted by molar-refractivity contribution is 6.46. The minimum Gasteiger partial charge on any atom is -0.507 e. The molecule has 0 saturated carbocycles. The molecule has 31 heavy (non-hydrogen) atoms. The van der Waals surface area contributed by atoms with Gasteiger partial charge in [0.1, 0.15) is 5.76 Å². The summed E-state index contributed by atoms with van der Waals surface area (Å²) in [5.41, 5.74) is 0.0793. The van der Waals surface area contributed by atoms with Crippen molar-refractivity contribution in [3.63, 3.8) is 0 Å². The van der Waals surface area contributed by atoms with Crippen molar-refractivity contribution in [3.05, 3.63) is 85.5 Å². The first-order valence-electron chi connectivity index (χ1n) is 9.53. The molecule has 0 aromatic heterocycles. The molecule has 1 amide bonds. The SMILES string of the molecule is CCCCN1C(=O)C(=O)/C(=C(/O)c2ccc([N+](=O)[O-])cc2)C1c1ccc([N+](=O)[O-])cc1. The van der Waals surface area contributed by atoms with E-state index in [2.05, 4.69) is 0 Å². The molecule has 0 spiro atoms. The number of amides is 1. The Labute approximate surface area is 176 Å². The van der Waals surface area contributed by atoms with Gasteiger partial charge < -0.3 is 10.0 Å². The average molecular weight is 425 g/mol. The van der Waals surface area contributed by atoms with Crippen LogP contribution in [0.15, 0.2) is 54.1 Å². The van der Waals surface area contributed by atoms with Gasteiger partial charge in [-0.05, 0) is 36.2 Å². The Morgan fingerprint density at radius 2 is 1.48 bits per heavy atom. The van der Waals surface area contributed by atoms with Crippen LogP contribution in [0.25, 0.3) is 5.76 Å². The van der Waals surface area contributed by atoms with Crippen molar-refractivity contribution >= 4 is 28.8 Å². The second-order valence-corrected chi connectivity index (χ2v) is 7.00. The smallest absolute Gasteiger partial charge is 0.295 e. The minimum atomic E-state index is -0.928. The second-order valence-electron chi connectivity index (χ2n) is 7.00. The minimum absolute atomic E-state index is 0.144. The van der Waals surface area contributed by atoms with Crippen LogP contribution in [0.5, 0.6) is 0 Å². The number of non-ortho nitro benzene ring substituents is 2. The number of hydrogen-bond acceptors (Lipinski definition) is 7. The highest BCUT2D eigenvalue weighted by Gasteiger charge is 2.45. The molecule has 1 atom stereocenters. The lowest BCUT2D eigenvalue weighted by molar-refractivity contribution is -0.385. The molecule has 1 fully saturated rings. The van der Waals surface area contributed by atoms with Crippen LogP contribution in [0, 0.1) is 20.2 Å². The van der Waals surface area contributed by atoms with Gasteiger partial charge in [0.05, 0.1) is 21.5 Å². The molecule has 160 valence electrons. The first kappa shape index (κ1) is 21.6. The van der Waals surface area contributed by atoms with Crippen LogP contribution in [-0.2, 0) is 9.59 Å². The summed E-state index contributed by atoms with van der Waals surface area (Å²) in [6.07, 6.45) is 1.38. The number of unbranched alkanes of at least 4 members (excludes halogenated alkanes) is 1. The number of nitro benzene ring substituents is 2. The zero-order valence-electron chi connectivity index (χ0n) is 16.6. The van der Waals surface area contributed by atoms with Crippen LogP contribution in [0.2, 0.25) is 0 Å². The van der Waals surface area contributed by atoms with Gasteiger partial charge >= 0.3 is 0 Å². The van der Waals surface area contributed by atoms with Gasteiger partial charge in [-0.1, -0.05) is 13.3 Å². The standard InChI is InChI=1S/C21H19N3O7/c1-2-3-12-22-18(13-4-8-15(9-5-13)23(28)29)17(20(26)21(22)27)19(25)14-6-10-16(11-7-14)24(30)31/h4-11,18,25H,2-3,12H2,1H3/b19-17+. The third-order valence-corrected chi connectivity index (χ3v) is 5.06. The van der Waals surface area contributed by atoms with E-state index in [9.17, 15) is 34.9 Å². The number of carbonyl (C=O) groups is 2. The summed E-state index contributed by atoms with van der Waals surface area (Å²) in [5, 5.41) is 32.7. The molecule has 1 N–H and O–H groups in total. The Bertz CT molecular complexity index is 1080. The average Bonchev–Trinajstić information content (AvgIpc) is 3.02. The van der Waals surface area contributed by atoms with E-state index in [4.69, 9.17) is 0 Å². The number of carbonyl (C=O) groups excluding carboxylic acids is 2. The number of hydrogen-bond donors (Lipinski definition) is 1. The topological polar surface area (TPSA) is 144 Å². The lowest BCUT2D eigenvalue weighted by Crippen LogP contribution is -2.30. The number of aliphatic hydroxyl groups is 1. The van der Waals surface area contributed by atoms with Gasteiger partial charge in [0, 0.05) is 36.4 Å². The van der Waals surface area contributed by atoms with Crippen LogP contribution >= 0.6 is 0 Å². The molecular weight excluding hydrogens is 406 g/mol. The fourth-order valence-electron chi connectivity index (χ4n) is 3.46. The molecular formula is C21H19N3O7. The Balaban J connectivity index is 2.13. The fourth-order valence-corrected chi connectivity index (χ4v) is 3.46.